The van der Waals surface area contributed by atoms with Crippen molar-refractivity contribution in [3.05, 3.63) is 24.0 Å². The van der Waals surface area contributed by atoms with Gasteiger partial charge < -0.3 is 11.1 Å². The molecule has 0 fully saturated rings. The Labute approximate surface area is 108 Å². The van der Waals surface area contributed by atoms with E-state index in [1.807, 2.05) is 20.8 Å². The van der Waals surface area contributed by atoms with E-state index in [4.69, 9.17) is 5.73 Å². The van der Waals surface area contributed by atoms with Crippen LogP contribution in [0.3, 0.4) is 0 Å². The molecule has 0 atom stereocenters. The molecule has 0 saturated heterocycles. The number of carbonyl (C=O) groups excluding carboxylic acids is 1. The fourth-order valence-corrected chi connectivity index (χ4v) is 1.22. The van der Waals surface area contributed by atoms with Gasteiger partial charge in [-0.15, -0.1) is 12.4 Å². The Morgan fingerprint density at radius 2 is 2.12 bits per heavy atom. The highest BCUT2D eigenvalue weighted by Crippen LogP contribution is 2.08. The van der Waals surface area contributed by atoms with Crippen LogP contribution in [0, 0.1) is 0 Å². The molecule has 0 aliphatic carbocycles. The SMILES string of the molecule is CCC(C)(C)NC(=O)Cc1ccc(N)cn1.Cl. The summed E-state index contributed by atoms with van der Waals surface area (Å²) in [6.45, 7) is 6.05. The van der Waals surface area contributed by atoms with Gasteiger partial charge in [0.05, 0.1) is 18.3 Å². The van der Waals surface area contributed by atoms with E-state index in [0.717, 1.165) is 12.1 Å². The zero-order valence-electron chi connectivity index (χ0n) is 10.5. The Balaban J connectivity index is 0.00000256. The fourth-order valence-electron chi connectivity index (χ4n) is 1.22. The second kappa shape index (κ2) is 6.45. The number of nitrogens with zero attached hydrogens (tertiary/aromatic N) is 1. The summed E-state index contributed by atoms with van der Waals surface area (Å²) in [4.78, 5) is 15.8. The smallest absolute Gasteiger partial charge is 0.226 e. The number of anilines is 1. The summed E-state index contributed by atoms with van der Waals surface area (Å²) in [5.74, 6) is -0.0101. The summed E-state index contributed by atoms with van der Waals surface area (Å²) in [6.07, 6.45) is 2.76. The maximum atomic E-state index is 11.7. The van der Waals surface area contributed by atoms with Gasteiger partial charge in [0.15, 0.2) is 0 Å². The molecule has 0 spiro atoms. The quantitative estimate of drug-likeness (QED) is 0.866. The molecule has 0 saturated carbocycles. The van der Waals surface area contributed by atoms with Crippen LogP contribution in [-0.2, 0) is 11.2 Å². The Bertz CT molecular complexity index is 363. The van der Waals surface area contributed by atoms with Crippen molar-refractivity contribution in [2.45, 2.75) is 39.2 Å². The summed E-state index contributed by atoms with van der Waals surface area (Å²) in [5, 5.41) is 2.96. The summed E-state index contributed by atoms with van der Waals surface area (Å²) >= 11 is 0. The second-order valence-electron chi connectivity index (χ2n) is 4.55. The summed E-state index contributed by atoms with van der Waals surface area (Å²) in [5.41, 5.74) is 6.70. The molecule has 17 heavy (non-hydrogen) atoms. The van der Waals surface area contributed by atoms with Gasteiger partial charge >= 0.3 is 0 Å². The van der Waals surface area contributed by atoms with E-state index in [2.05, 4.69) is 10.3 Å². The number of nitrogens with one attached hydrogen (secondary N) is 1. The van der Waals surface area contributed by atoms with Crippen molar-refractivity contribution >= 4 is 24.0 Å². The maximum Gasteiger partial charge on any atom is 0.226 e. The lowest BCUT2D eigenvalue weighted by Crippen LogP contribution is -2.43. The zero-order valence-corrected chi connectivity index (χ0v) is 11.3. The molecule has 5 heteroatoms. The lowest BCUT2D eigenvalue weighted by atomic mass is 10.0. The Morgan fingerprint density at radius 3 is 2.59 bits per heavy atom. The van der Waals surface area contributed by atoms with Crippen molar-refractivity contribution in [2.75, 3.05) is 5.73 Å². The monoisotopic (exact) mass is 257 g/mol. The topological polar surface area (TPSA) is 68.0 Å². The van der Waals surface area contributed by atoms with Crippen LogP contribution in [-0.4, -0.2) is 16.4 Å². The number of halogens is 1. The molecular formula is C12H20ClN3O. The Morgan fingerprint density at radius 1 is 1.47 bits per heavy atom. The predicted molar refractivity (Wildman–Crippen MR) is 72.1 cm³/mol. The molecule has 0 aliphatic rings. The van der Waals surface area contributed by atoms with Crippen molar-refractivity contribution in [2.24, 2.45) is 0 Å². The minimum absolute atomic E-state index is 0. The molecule has 0 aromatic carbocycles. The maximum absolute atomic E-state index is 11.7. The predicted octanol–water partition coefficient (Wildman–Crippen LogP) is 1.93. The average molecular weight is 258 g/mol. The first-order valence-corrected chi connectivity index (χ1v) is 5.44. The number of hydrogen-bond acceptors (Lipinski definition) is 3. The molecular weight excluding hydrogens is 238 g/mol. The van der Waals surface area contributed by atoms with Gasteiger partial charge in [0.25, 0.3) is 0 Å². The van der Waals surface area contributed by atoms with Crippen LogP contribution in [0.25, 0.3) is 0 Å². The molecule has 0 radical (unpaired) electrons. The zero-order chi connectivity index (χ0) is 12.2. The van der Waals surface area contributed by atoms with Gasteiger partial charge in [-0.1, -0.05) is 6.92 Å². The lowest BCUT2D eigenvalue weighted by Gasteiger charge is -2.24. The normalized spacial score (nSPS) is 10.5. The van der Waals surface area contributed by atoms with Gasteiger partial charge in [0.2, 0.25) is 5.91 Å². The van der Waals surface area contributed by atoms with Crippen LogP contribution in [0.1, 0.15) is 32.9 Å². The average Bonchev–Trinajstić information content (AvgIpc) is 2.21. The van der Waals surface area contributed by atoms with E-state index < -0.39 is 0 Å². The van der Waals surface area contributed by atoms with Gasteiger partial charge in [-0.25, -0.2) is 0 Å². The number of nitrogen functional groups attached to an aromatic ring is 1. The van der Waals surface area contributed by atoms with Crippen molar-refractivity contribution in [3.8, 4) is 0 Å². The van der Waals surface area contributed by atoms with Gasteiger partial charge in [-0.05, 0) is 32.4 Å². The van der Waals surface area contributed by atoms with Crippen LogP contribution in [0.15, 0.2) is 18.3 Å². The molecule has 1 amide bonds. The number of aromatic nitrogens is 1. The van der Waals surface area contributed by atoms with E-state index in [1.54, 1.807) is 18.3 Å². The van der Waals surface area contributed by atoms with Crippen molar-refractivity contribution in [1.29, 1.82) is 0 Å². The van der Waals surface area contributed by atoms with Gasteiger partial charge in [0.1, 0.15) is 0 Å². The lowest BCUT2D eigenvalue weighted by molar-refractivity contribution is -0.122. The first-order chi connectivity index (χ1) is 7.43. The third-order valence-corrected chi connectivity index (χ3v) is 2.55. The Hall–Kier alpha value is -1.29. The third-order valence-electron chi connectivity index (χ3n) is 2.55. The first-order valence-electron chi connectivity index (χ1n) is 5.44. The van der Waals surface area contributed by atoms with Gasteiger partial charge in [-0.2, -0.15) is 0 Å². The summed E-state index contributed by atoms with van der Waals surface area (Å²) < 4.78 is 0. The van der Waals surface area contributed by atoms with E-state index in [0.29, 0.717) is 12.1 Å². The highest BCUT2D eigenvalue weighted by molar-refractivity contribution is 5.85. The number of pyridine rings is 1. The molecule has 0 unspecified atom stereocenters. The minimum Gasteiger partial charge on any atom is -0.397 e. The molecule has 0 bridgehead atoms. The highest BCUT2D eigenvalue weighted by Gasteiger charge is 2.17. The van der Waals surface area contributed by atoms with Crippen LogP contribution in [0.5, 0.6) is 0 Å². The van der Waals surface area contributed by atoms with E-state index in [9.17, 15) is 4.79 Å². The largest absolute Gasteiger partial charge is 0.397 e. The van der Waals surface area contributed by atoms with Crippen LogP contribution in [0.4, 0.5) is 5.69 Å². The summed E-state index contributed by atoms with van der Waals surface area (Å²) in [6, 6.07) is 3.52. The molecule has 0 aliphatic heterocycles. The molecule has 3 N–H and O–H groups in total. The van der Waals surface area contributed by atoms with Crippen LogP contribution in [0.2, 0.25) is 0 Å². The van der Waals surface area contributed by atoms with Gasteiger partial charge in [0, 0.05) is 11.2 Å². The van der Waals surface area contributed by atoms with E-state index >= 15 is 0 Å². The summed E-state index contributed by atoms with van der Waals surface area (Å²) in [7, 11) is 0. The highest BCUT2D eigenvalue weighted by atomic mass is 35.5. The molecule has 1 heterocycles. The number of carbonyl (C=O) groups is 1. The van der Waals surface area contributed by atoms with Crippen LogP contribution < -0.4 is 11.1 Å². The molecule has 1 aromatic rings. The van der Waals surface area contributed by atoms with Gasteiger partial charge in [-0.3, -0.25) is 9.78 Å². The third kappa shape index (κ3) is 5.54. The second-order valence-corrected chi connectivity index (χ2v) is 4.55. The Kier molecular flexibility index (Phi) is 5.96. The molecule has 4 nitrogen and oxygen atoms in total. The number of rotatable bonds is 4. The van der Waals surface area contributed by atoms with E-state index in [1.165, 1.54) is 0 Å². The molecule has 1 aromatic heterocycles. The standard InChI is InChI=1S/C12H19N3O.ClH/c1-4-12(2,3)15-11(16)7-10-6-5-9(13)8-14-10;/h5-6,8H,4,7,13H2,1-3H3,(H,15,16);1H. The first kappa shape index (κ1) is 15.7. The van der Waals surface area contributed by atoms with Crippen molar-refractivity contribution < 1.29 is 4.79 Å². The number of hydrogen-bond donors (Lipinski definition) is 2. The fraction of sp³-hybridized carbons (Fsp3) is 0.500. The van der Waals surface area contributed by atoms with Crippen molar-refractivity contribution in [3.63, 3.8) is 0 Å². The number of nitrogens with two attached hydrogens (primary N) is 1. The van der Waals surface area contributed by atoms with Crippen molar-refractivity contribution in [1.82, 2.24) is 10.3 Å². The molecule has 1 rings (SSSR count). The molecule has 96 valence electrons. The van der Waals surface area contributed by atoms with E-state index in [-0.39, 0.29) is 23.9 Å². The van der Waals surface area contributed by atoms with Crippen LogP contribution >= 0.6 is 12.4 Å². The minimum atomic E-state index is -0.162. The number of amides is 1.